The zero-order valence-corrected chi connectivity index (χ0v) is 12.3. The van der Waals surface area contributed by atoms with Crippen LogP contribution in [0.15, 0.2) is 18.3 Å². The van der Waals surface area contributed by atoms with Crippen LogP contribution in [0.5, 0.6) is 0 Å². The third-order valence-corrected chi connectivity index (χ3v) is 3.07. The highest BCUT2D eigenvalue weighted by Crippen LogP contribution is 2.18. The predicted molar refractivity (Wildman–Crippen MR) is 82.3 cm³/mol. The Hall–Kier alpha value is -1.53. The van der Waals surface area contributed by atoms with Crippen molar-refractivity contribution in [2.45, 2.75) is 39.7 Å². The number of nitrogens with zero attached hydrogens (tertiary/aromatic N) is 2. The average molecular weight is 259 g/mol. The Morgan fingerprint density at radius 1 is 1.42 bits per heavy atom. The van der Waals surface area contributed by atoms with E-state index in [0.717, 1.165) is 31.7 Å². The van der Waals surface area contributed by atoms with E-state index in [4.69, 9.17) is 6.42 Å². The standard InChI is InChI=1S/C16H25N3/c1-5-9-17-14(4)15-8-10-18-16(13-15)19(11-6-2)12-7-3/h2,8,10,13-14,17H,5,7,9,11-12H2,1,3-4H3. The van der Waals surface area contributed by atoms with Gasteiger partial charge in [-0.3, -0.25) is 0 Å². The molecule has 0 bridgehead atoms. The second-order valence-corrected chi connectivity index (χ2v) is 4.75. The van der Waals surface area contributed by atoms with Gasteiger partial charge in [-0.2, -0.15) is 0 Å². The van der Waals surface area contributed by atoms with Crippen molar-refractivity contribution in [3.05, 3.63) is 23.9 Å². The number of pyridine rings is 1. The van der Waals surface area contributed by atoms with E-state index in [1.807, 2.05) is 6.20 Å². The first-order chi connectivity index (χ1) is 9.22. The van der Waals surface area contributed by atoms with Crippen molar-refractivity contribution in [2.24, 2.45) is 0 Å². The van der Waals surface area contributed by atoms with E-state index in [1.54, 1.807) is 0 Å². The number of nitrogens with one attached hydrogen (secondary N) is 1. The highest BCUT2D eigenvalue weighted by atomic mass is 15.2. The third kappa shape index (κ3) is 4.92. The molecule has 1 atom stereocenters. The number of aromatic nitrogens is 1. The molecule has 1 N–H and O–H groups in total. The predicted octanol–water partition coefficient (Wildman–Crippen LogP) is 2.99. The van der Waals surface area contributed by atoms with Gasteiger partial charge in [0.2, 0.25) is 0 Å². The van der Waals surface area contributed by atoms with Crippen LogP contribution >= 0.6 is 0 Å². The maximum absolute atomic E-state index is 5.43. The first-order valence-corrected chi connectivity index (χ1v) is 7.10. The summed E-state index contributed by atoms with van der Waals surface area (Å²) >= 11 is 0. The summed E-state index contributed by atoms with van der Waals surface area (Å²) in [5, 5.41) is 3.49. The van der Waals surface area contributed by atoms with E-state index in [-0.39, 0.29) is 0 Å². The van der Waals surface area contributed by atoms with Crippen molar-refractivity contribution >= 4 is 5.82 Å². The molecular weight excluding hydrogens is 234 g/mol. The van der Waals surface area contributed by atoms with Crippen LogP contribution < -0.4 is 10.2 Å². The summed E-state index contributed by atoms with van der Waals surface area (Å²) in [5.74, 6) is 3.68. The SMILES string of the molecule is C#CCN(CCC)c1cc(C(C)NCCC)ccn1. The Balaban J connectivity index is 2.82. The molecule has 0 aliphatic heterocycles. The Morgan fingerprint density at radius 2 is 2.21 bits per heavy atom. The van der Waals surface area contributed by atoms with Gasteiger partial charge >= 0.3 is 0 Å². The smallest absolute Gasteiger partial charge is 0.129 e. The van der Waals surface area contributed by atoms with Gasteiger partial charge in [-0.1, -0.05) is 19.8 Å². The van der Waals surface area contributed by atoms with E-state index < -0.39 is 0 Å². The summed E-state index contributed by atoms with van der Waals surface area (Å²) in [6.07, 6.45) is 9.50. The second kappa shape index (κ2) is 8.55. The Morgan fingerprint density at radius 3 is 2.84 bits per heavy atom. The lowest BCUT2D eigenvalue weighted by Gasteiger charge is -2.22. The van der Waals surface area contributed by atoms with Gasteiger partial charge in [0.05, 0.1) is 6.54 Å². The molecule has 0 aromatic carbocycles. The molecule has 0 saturated heterocycles. The van der Waals surface area contributed by atoms with Crippen LogP contribution in [-0.4, -0.2) is 24.6 Å². The number of hydrogen-bond donors (Lipinski definition) is 1. The van der Waals surface area contributed by atoms with Crippen molar-refractivity contribution in [3.63, 3.8) is 0 Å². The lowest BCUT2D eigenvalue weighted by molar-refractivity contribution is 0.570. The molecule has 3 nitrogen and oxygen atoms in total. The fourth-order valence-electron chi connectivity index (χ4n) is 2.01. The molecule has 1 aromatic heterocycles. The number of terminal acetylenes is 1. The summed E-state index contributed by atoms with van der Waals surface area (Å²) in [7, 11) is 0. The Kier molecular flexibility index (Phi) is 6.99. The zero-order chi connectivity index (χ0) is 14.1. The topological polar surface area (TPSA) is 28.2 Å². The minimum Gasteiger partial charge on any atom is -0.345 e. The first kappa shape index (κ1) is 15.5. The van der Waals surface area contributed by atoms with Gasteiger partial charge in [0.1, 0.15) is 5.82 Å². The molecule has 1 aromatic rings. The van der Waals surface area contributed by atoms with E-state index in [0.29, 0.717) is 12.6 Å². The van der Waals surface area contributed by atoms with Crippen LogP contribution in [0.25, 0.3) is 0 Å². The maximum atomic E-state index is 5.43. The van der Waals surface area contributed by atoms with Gasteiger partial charge in [-0.25, -0.2) is 4.98 Å². The quantitative estimate of drug-likeness (QED) is 0.727. The molecule has 0 fully saturated rings. The van der Waals surface area contributed by atoms with Crippen LogP contribution in [0.4, 0.5) is 5.82 Å². The van der Waals surface area contributed by atoms with Crippen LogP contribution in [0.2, 0.25) is 0 Å². The van der Waals surface area contributed by atoms with Crippen molar-refractivity contribution < 1.29 is 0 Å². The molecule has 1 heterocycles. The van der Waals surface area contributed by atoms with Crippen molar-refractivity contribution in [3.8, 4) is 12.3 Å². The minimum atomic E-state index is 0.344. The summed E-state index contributed by atoms with van der Waals surface area (Å²) in [6.45, 7) is 9.09. The average Bonchev–Trinajstić information content (AvgIpc) is 2.44. The number of anilines is 1. The monoisotopic (exact) mass is 259 g/mol. The lowest BCUT2D eigenvalue weighted by Crippen LogP contribution is -2.26. The lowest BCUT2D eigenvalue weighted by atomic mass is 10.1. The van der Waals surface area contributed by atoms with Crippen LogP contribution in [0.1, 0.15) is 45.2 Å². The largest absolute Gasteiger partial charge is 0.345 e. The van der Waals surface area contributed by atoms with Gasteiger partial charge in [0, 0.05) is 18.8 Å². The summed E-state index contributed by atoms with van der Waals surface area (Å²) in [4.78, 5) is 6.59. The van der Waals surface area contributed by atoms with E-state index in [9.17, 15) is 0 Å². The van der Waals surface area contributed by atoms with Gasteiger partial charge in [0.25, 0.3) is 0 Å². The normalized spacial score (nSPS) is 11.9. The fourth-order valence-corrected chi connectivity index (χ4v) is 2.01. The van der Waals surface area contributed by atoms with Crippen molar-refractivity contribution in [2.75, 3.05) is 24.5 Å². The summed E-state index contributed by atoms with van der Waals surface area (Å²) in [6, 6.07) is 4.55. The minimum absolute atomic E-state index is 0.344. The fraction of sp³-hybridized carbons (Fsp3) is 0.562. The molecule has 1 unspecified atom stereocenters. The molecule has 0 amide bonds. The molecule has 0 aliphatic rings. The highest BCUT2D eigenvalue weighted by molar-refractivity contribution is 5.43. The van der Waals surface area contributed by atoms with Crippen LogP contribution in [0, 0.1) is 12.3 Å². The molecule has 1 rings (SSSR count). The Labute approximate surface area is 117 Å². The molecule has 0 saturated carbocycles. The molecule has 0 radical (unpaired) electrons. The third-order valence-electron chi connectivity index (χ3n) is 3.07. The molecule has 3 heteroatoms. The summed E-state index contributed by atoms with van der Waals surface area (Å²) in [5.41, 5.74) is 1.26. The van der Waals surface area contributed by atoms with E-state index in [2.05, 4.69) is 54.0 Å². The first-order valence-electron chi connectivity index (χ1n) is 7.10. The molecule has 0 aliphatic carbocycles. The molecule has 19 heavy (non-hydrogen) atoms. The van der Waals surface area contributed by atoms with Crippen LogP contribution in [-0.2, 0) is 0 Å². The van der Waals surface area contributed by atoms with Gasteiger partial charge in [0.15, 0.2) is 0 Å². The number of hydrogen-bond acceptors (Lipinski definition) is 3. The maximum Gasteiger partial charge on any atom is 0.129 e. The molecule has 0 spiro atoms. The van der Waals surface area contributed by atoms with Crippen molar-refractivity contribution in [1.29, 1.82) is 0 Å². The molecule has 104 valence electrons. The second-order valence-electron chi connectivity index (χ2n) is 4.75. The number of rotatable bonds is 8. The van der Waals surface area contributed by atoms with Crippen LogP contribution in [0.3, 0.4) is 0 Å². The Bertz CT molecular complexity index is 409. The zero-order valence-electron chi connectivity index (χ0n) is 12.3. The molecular formula is C16H25N3. The van der Waals surface area contributed by atoms with Gasteiger partial charge in [-0.05, 0) is 44.0 Å². The highest BCUT2D eigenvalue weighted by Gasteiger charge is 2.09. The van der Waals surface area contributed by atoms with E-state index >= 15 is 0 Å². The van der Waals surface area contributed by atoms with Crippen molar-refractivity contribution in [1.82, 2.24) is 10.3 Å². The van der Waals surface area contributed by atoms with Gasteiger partial charge < -0.3 is 10.2 Å². The van der Waals surface area contributed by atoms with Gasteiger partial charge in [-0.15, -0.1) is 6.42 Å². The van der Waals surface area contributed by atoms with E-state index in [1.165, 1.54) is 5.56 Å². The summed E-state index contributed by atoms with van der Waals surface area (Å²) < 4.78 is 0.